The molecule has 1 fully saturated rings. The predicted octanol–water partition coefficient (Wildman–Crippen LogP) is 2.31. The lowest BCUT2D eigenvalue weighted by Gasteiger charge is -2.26. The molecular weight excluding hydrogens is 354 g/mol. The van der Waals surface area contributed by atoms with Crippen LogP contribution in [0.3, 0.4) is 0 Å². The number of hydrogen-bond acceptors (Lipinski definition) is 5. The molecule has 140 valence electrons. The molecule has 0 amide bonds. The van der Waals surface area contributed by atoms with E-state index in [1.807, 2.05) is 24.3 Å². The number of esters is 1. The molecule has 1 saturated heterocycles. The molecule has 26 heavy (non-hydrogen) atoms. The highest BCUT2D eigenvalue weighted by atomic mass is 32.2. The summed E-state index contributed by atoms with van der Waals surface area (Å²) in [7, 11) is -3.94. The molecule has 1 aliphatic rings. The summed E-state index contributed by atoms with van der Waals surface area (Å²) in [6.07, 6.45) is -0.871. The number of aliphatic hydroxyl groups excluding tert-OH is 1. The van der Waals surface area contributed by atoms with Crippen LogP contribution < -0.4 is 0 Å². The number of hydrogen-bond donors (Lipinski definition) is 1. The number of rotatable bonds is 3. The van der Waals surface area contributed by atoms with E-state index >= 15 is 0 Å². The minimum atomic E-state index is -3.94. The maximum absolute atomic E-state index is 13.1. The second kappa shape index (κ2) is 6.64. The molecule has 1 N–H and O–H groups in total. The smallest absolute Gasteiger partial charge is 0.325 e. The number of ether oxygens (including phenoxy) is 1. The normalized spacial score (nSPS) is 21.8. The Hall–Kier alpha value is -1.96. The van der Waals surface area contributed by atoms with Gasteiger partial charge in [-0.2, -0.15) is 4.31 Å². The Morgan fingerprint density at radius 3 is 2.46 bits per heavy atom. The monoisotopic (exact) mass is 377 g/mol. The maximum Gasteiger partial charge on any atom is 0.325 e. The second-order valence-electron chi connectivity index (χ2n) is 7.52. The second-order valence-corrected chi connectivity index (χ2v) is 9.41. The lowest BCUT2D eigenvalue weighted by Crippen LogP contribution is -2.43. The fourth-order valence-corrected chi connectivity index (χ4v) is 4.76. The fourth-order valence-electron chi connectivity index (χ4n) is 3.10. The average Bonchev–Trinajstić information content (AvgIpc) is 2.96. The Morgan fingerprint density at radius 2 is 1.81 bits per heavy atom. The van der Waals surface area contributed by atoms with E-state index in [-0.39, 0.29) is 17.9 Å². The van der Waals surface area contributed by atoms with Gasteiger partial charge in [-0.25, -0.2) is 8.42 Å². The standard InChI is InChI=1S/C19H23NO5S/c1-19(2,3)25-18(22)17-11-15(21)12-20(17)26(23,24)16-9-8-13-6-4-5-7-14(13)10-16/h4-10,15,17,21H,11-12H2,1-3H3/t15-,17?/m1/s1. The third-order valence-electron chi connectivity index (χ3n) is 4.24. The first kappa shape index (κ1) is 18.8. The Morgan fingerprint density at radius 1 is 1.15 bits per heavy atom. The molecular formula is C19H23NO5S. The van der Waals surface area contributed by atoms with Gasteiger partial charge in [0, 0.05) is 13.0 Å². The summed E-state index contributed by atoms with van der Waals surface area (Å²) in [6.45, 7) is 5.04. The molecule has 0 saturated carbocycles. The van der Waals surface area contributed by atoms with Crippen molar-refractivity contribution in [3.63, 3.8) is 0 Å². The SMILES string of the molecule is CC(C)(C)OC(=O)C1C[C@@H](O)CN1S(=O)(=O)c1ccc2ccccc2c1. The van der Waals surface area contributed by atoms with Gasteiger partial charge in [-0.3, -0.25) is 4.79 Å². The van der Waals surface area contributed by atoms with Crippen molar-refractivity contribution < 1.29 is 23.1 Å². The fraction of sp³-hybridized carbons (Fsp3) is 0.421. The Kier molecular flexibility index (Phi) is 4.81. The van der Waals surface area contributed by atoms with Crippen LogP contribution in [-0.2, 0) is 19.6 Å². The number of β-amino-alcohol motifs (C(OH)–C–C–N with tert-alkyl or cyclic N) is 1. The van der Waals surface area contributed by atoms with E-state index in [0.717, 1.165) is 15.1 Å². The molecule has 0 aliphatic carbocycles. The largest absolute Gasteiger partial charge is 0.459 e. The Balaban J connectivity index is 1.96. The lowest BCUT2D eigenvalue weighted by molar-refractivity contribution is -0.158. The Bertz CT molecular complexity index is 932. The quantitative estimate of drug-likeness (QED) is 0.830. The van der Waals surface area contributed by atoms with E-state index in [1.165, 1.54) is 6.07 Å². The van der Waals surface area contributed by atoms with Crippen molar-refractivity contribution in [1.29, 1.82) is 0 Å². The number of carbonyl (C=O) groups excluding carboxylic acids is 1. The number of benzene rings is 2. The van der Waals surface area contributed by atoms with E-state index in [9.17, 15) is 18.3 Å². The van der Waals surface area contributed by atoms with E-state index in [4.69, 9.17) is 4.74 Å². The van der Waals surface area contributed by atoms with Gasteiger partial charge < -0.3 is 9.84 Å². The predicted molar refractivity (Wildman–Crippen MR) is 98.1 cm³/mol. The molecule has 1 aliphatic heterocycles. The van der Waals surface area contributed by atoms with Gasteiger partial charge in [-0.15, -0.1) is 0 Å². The van der Waals surface area contributed by atoms with E-state index < -0.39 is 33.7 Å². The number of aliphatic hydroxyl groups is 1. The highest BCUT2D eigenvalue weighted by Crippen LogP contribution is 2.29. The van der Waals surface area contributed by atoms with Gasteiger partial charge in [0.2, 0.25) is 10.0 Å². The number of sulfonamides is 1. The van der Waals surface area contributed by atoms with Crippen LogP contribution >= 0.6 is 0 Å². The molecule has 0 spiro atoms. The van der Waals surface area contributed by atoms with Crippen LogP contribution in [0.2, 0.25) is 0 Å². The van der Waals surface area contributed by atoms with Crippen molar-refractivity contribution in [1.82, 2.24) is 4.31 Å². The summed E-state index contributed by atoms with van der Waals surface area (Å²) in [5, 5.41) is 11.7. The zero-order chi connectivity index (χ0) is 19.1. The third-order valence-corrected chi connectivity index (χ3v) is 6.11. The molecule has 7 heteroatoms. The molecule has 0 radical (unpaired) electrons. The molecule has 2 aromatic rings. The number of nitrogens with zero attached hydrogens (tertiary/aromatic N) is 1. The summed E-state index contributed by atoms with van der Waals surface area (Å²) in [5.74, 6) is -0.640. The summed E-state index contributed by atoms with van der Waals surface area (Å²) < 4.78 is 32.6. The highest BCUT2D eigenvalue weighted by molar-refractivity contribution is 7.89. The topological polar surface area (TPSA) is 83.9 Å². The molecule has 0 bridgehead atoms. The van der Waals surface area contributed by atoms with Gasteiger partial charge in [0.25, 0.3) is 0 Å². The van der Waals surface area contributed by atoms with Crippen LogP contribution in [0.5, 0.6) is 0 Å². The molecule has 1 heterocycles. The van der Waals surface area contributed by atoms with Crippen molar-refractivity contribution in [2.75, 3.05) is 6.54 Å². The maximum atomic E-state index is 13.1. The van der Waals surface area contributed by atoms with Crippen molar-refractivity contribution in [2.24, 2.45) is 0 Å². The number of fused-ring (bicyclic) bond motifs is 1. The molecule has 2 atom stereocenters. The Labute approximate surface area is 153 Å². The van der Waals surface area contributed by atoms with Gasteiger partial charge in [0.05, 0.1) is 11.0 Å². The third kappa shape index (κ3) is 3.75. The molecule has 3 rings (SSSR count). The van der Waals surface area contributed by atoms with Crippen LogP contribution in [0, 0.1) is 0 Å². The molecule has 6 nitrogen and oxygen atoms in total. The summed E-state index contributed by atoms with van der Waals surface area (Å²) in [6, 6.07) is 11.3. The summed E-state index contributed by atoms with van der Waals surface area (Å²) >= 11 is 0. The van der Waals surface area contributed by atoms with E-state index in [0.29, 0.717) is 0 Å². The van der Waals surface area contributed by atoms with Crippen LogP contribution in [0.4, 0.5) is 0 Å². The highest BCUT2D eigenvalue weighted by Gasteiger charge is 2.45. The summed E-state index contributed by atoms with van der Waals surface area (Å²) in [4.78, 5) is 12.6. The van der Waals surface area contributed by atoms with Crippen molar-refractivity contribution in [3.8, 4) is 0 Å². The zero-order valence-corrected chi connectivity index (χ0v) is 15.9. The lowest BCUT2D eigenvalue weighted by atomic mass is 10.1. The van der Waals surface area contributed by atoms with E-state index in [2.05, 4.69) is 0 Å². The van der Waals surface area contributed by atoms with Crippen LogP contribution in [0.1, 0.15) is 27.2 Å². The summed E-state index contributed by atoms with van der Waals surface area (Å²) in [5.41, 5.74) is -0.733. The number of carbonyl (C=O) groups is 1. The molecule has 2 aromatic carbocycles. The van der Waals surface area contributed by atoms with Crippen LogP contribution in [-0.4, -0.2) is 48.1 Å². The van der Waals surface area contributed by atoms with Crippen molar-refractivity contribution in [3.05, 3.63) is 42.5 Å². The first-order valence-corrected chi connectivity index (χ1v) is 9.93. The van der Waals surface area contributed by atoms with Gasteiger partial charge in [-0.05, 0) is 43.7 Å². The molecule has 1 unspecified atom stereocenters. The first-order valence-electron chi connectivity index (χ1n) is 8.49. The van der Waals surface area contributed by atoms with Crippen molar-refractivity contribution in [2.45, 2.75) is 49.8 Å². The van der Waals surface area contributed by atoms with Crippen molar-refractivity contribution >= 4 is 26.8 Å². The van der Waals surface area contributed by atoms with Gasteiger partial charge in [0.1, 0.15) is 11.6 Å². The van der Waals surface area contributed by atoms with Crippen LogP contribution in [0.25, 0.3) is 10.8 Å². The molecule has 0 aromatic heterocycles. The van der Waals surface area contributed by atoms with E-state index in [1.54, 1.807) is 32.9 Å². The van der Waals surface area contributed by atoms with Gasteiger partial charge in [0.15, 0.2) is 0 Å². The van der Waals surface area contributed by atoms with Gasteiger partial charge in [-0.1, -0.05) is 30.3 Å². The first-order chi connectivity index (χ1) is 12.1. The zero-order valence-electron chi connectivity index (χ0n) is 15.0. The average molecular weight is 377 g/mol. The minimum absolute atomic E-state index is 0.0295. The van der Waals surface area contributed by atoms with Crippen LogP contribution in [0.15, 0.2) is 47.4 Å². The van der Waals surface area contributed by atoms with Gasteiger partial charge >= 0.3 is 5.97 Å². The minimum Gasteiger partial charge on any atom is -0.459 e.